The molecule has 7 nitrogen and oxygen atoms in total. The van der Waals surface area contributed by atoms with E-state index < -0.39 is 0 Å². The molecule has 38 heavy (non-hydrogen) atoms. The van der Waals surface area contributed by atoms with E-state index in [0.717, 1.165) is 51.4 Å². The lowest BCUT2D eigenvalue weighted by Gasteiger charge is -2.24. The summed E-state index contributed by atoms with van der Waals surface area (Å²) < 4.78 is 2.85. The van der Waals surface area contributed by atoms with E-state index in [2.05, 4.69) is 33.0 Å². The number of fused-ring (bicyclic) bond motifs is 1. The first kappa shape index (κ1) is 24.3. The average Bonchev–Trinajstić information content (AvgIpc) is 3.22. The summed E-state index contributed by atoms with van der Waals surface area (Å²) in [5.41, 5.74) is 3.62. The van der Waals surface area contributed by atoms with Crippen LogP contribution in [0.5, 0.6) is 0 Å². The van der Waals surface area contributed by atoms with Gasteiger partial charge < -0.3 is 9.80 Å². The minimum atomic E-state index is 0.0637. The summed E-state index contributed by atoms with van der Waals surface area (Å²) in [7, 11) is 0. The van der Waals surface area contributed by atoms with Crippen LogP contribution < -0.4 is 4.90 Å². The van der Waals surface area contributed by atoms with Crippen LogP contribution in [0.2, 0.25) is 0 Å². The van der Waals surface area contributed by atoms with Gasteiger partial charge in [0.1, 0.15) is 11.6 Å². The van der Waals surface area contributed by atoms with E-state index in [1.54, 1.807) is 0 Å². The molecule has 1 fully saturated rings. The van der Waals surface area contributed by atoms with E-state index in [1.807, 2.05) is 88.6 Å². The number of hydrogen-bond donors (Lipinski definition) is 0. The van der Waals surface area contributed by atoms with Gasteiger partial charge in [-0.3, -0.25) is 4.79 Å². The second-order valence-corrected chi connectivity index (χ2v) is 10.3. The standard InChI is InChI=1S/C30H27BrN6O/c31-24-14-12-23(13-15-24)30(38)36-17-7-16-35(18-19-36)28-26-21-32-37(25-10-5-2-6-11-25)29(26)34-27(33-28)20-22-8-3-1-4-9-22/h1-6,8-15,21H,7,16-20H2. The zero-order chi connectivity index (χ0) is 25.9. The normalized spacial score (nSPS) is 14.0. The molecule has 3 heterocycles. The third-order valence-electron chi connectivity index (χ3n) is 6.83. The predicted octanol–water partition coefficient (Wildman–Crippen LogP) is 5.52. The van der Waals surface area contributed by atoms with Crippen LogP contribution in [-0.4, -0.2) is 56.7 Å². The number of nitrogens with zero attached hydrogens (tertiary/aromatic N) is 6. The van der Waals surface area contributed by atoms with Crippen molar-refractivity contribution in [2.24, 2.45) is 0 Å². The Hall–Kier alpha value is -4.04. The van der Waals surface area contributed by atoms with E-state index in [4.69, 9.17) is 15.1 Å². The average molecular weight is 567 g/mol. The number of hydrogen-bond acceptors (Lipinski definition) is 5. The molecule has 1 saturated heterocycles. The van der Waals surface area contributed by atoms with Crippen LogP contribution in [0.15, 0.2) is 95.6 Å². The van der Waals surface area contributed by atoms with E-state index in [0.29, 0.717) is 31.6 Å². The minimum Gasteiger partial charge on any atom is -0.354 e. The zero-order valence-corrected chi connectivity index (χ0v) is 22.5. The number of para-hydroxylation sites is 1. The molecule has 6 rings (SSSR count). The second-order valence-electron chi connectivity index (χ2n) is 9.39. The zero-order valence-electron chi connectivity index (χ0n) is 20.9. The summed E-state index contributed by atoms with van der Waals surface area (Å²) in [4.78, 5) is 27.4. The monoisotopic (exact) mass is 566 g/mol. The first-order chi connectivity index (χ1) is 18.7. The van der Waals surface area contributed by atoms with Gasteiger partial charge in [0.15, 0.2) is 5.65 Å². The number of aromatic nitrogens is 4. The molecule has 190 valence electrons. The maximum absolute atomic E-state index is 13.2. The third kappa shape index (κ3) is 5.04. The van der Waals surface area contributed by atoms with Crippen LogP contribution in [-0.2, 0) is 6.42 Å². The molecule has 0 aliphatic carbocycles. The number of anilines is 1. The number of halogens is 1. The van der Waals surface area contributed by atoms with Crippen LogP contribution in [0.25, 0.3) is 16.7 Å². The topological polar surface area (TPSA) is 67.2 Å². The molecule has 0 unspecified atom stereocenters. The van der Waals surface area contributed by atoms with E-state index in [1.165, 1.54) is 0 Å². The molecule has 1 amide bonds. The molecule has 0 spiro atoms. The third-order valence-corrected chi connectivity index (χ3v) is 7.36. The van der Waals surface area contributed by atoms with Crippen LogP contribution in [0.4, 0.5) is 5.82 Å². The Morgan fingerprint density at radius 1 is 0.816 bits per heavy atom. The van der Waals surface area contributed by atoms with Crippen molar-refractivity contribution in [2.75, 3.05) is 31.1 Å². The molecular formula is C30H27BrN6O. The van der Waals surface area contributed by atoms with Crippen LogP contribution >= 0.6 is 15.9 Å². The number of amides is 1. The van der Waals surface area contributed by atoms with E-state index in [-0.39, 0.29) is 5.91 Å². The largest absolute Gasteiger partial charge is 0.354 e. The number of rotatable bonds is 5. The maximum atomic E-state index is 13.2. The summed E-state index contributed by atoms with van der Waals surface area (Å²) in [5, 5.41) is 5.62. The maximum Gasteiger partial charge on any atom is 0.253 e. The summed E-state index contributed by atoms with van der Waals surface area (Å²) in [6.07, 6.45) is 3.35. The quantitative estimate of drug-likeness (QED) is 0.280. The van der Waals surface area contributed by atoms with Crippen molar-refractivity contribution in [3.63, 3.8) is 0 Å². The van der Waals surface area contributed by atoms with Crippen molar-refractivity contribution in [1.29, 1.82) is 0 Å². The van der Waals surface area contributed by atoms with Gasteiger partial charge in [0, 0.05) is 42.6 Å². The molecule has 2 aromatic heterocycles. The fraction of sp³-hybridized carbons (Fsp3) is 0.200. The molecular weight excluding hydrogens is 540 g/mol. The van der Waals surface area contributed by atoms with Crippen LogP contribution in [0.3, 0.4) is 0 Å². The summed E-state index contributed by atoms with van der Waals surface area (Å²) in [6.45, 7) is 2.83. The van der Waals surface area contributed by atoms with Gasteiger partial charge >= 0.3 is 0 Å². The molecule has 0 radical (unpaired) electrons. The Labute approximate surface area is 229 Å². The van der Waals surface area contributed by atoms with Crippen molar-refractivity contribution < 1.29 is 4.79 Å². The number of benzene rings is 3. The molecule has 0 N–H and O–H groups in total. The molecule has 0 saturated carbocycles. The number of carbonyl (C=O) groups excluding carboxylic acids is 1. The molecule has 0 bridgehead atoms. The lowest BCUT2D eigenvalue weighted by molar-refractivity contribution is 0.0767. The fourth-order valence-corrected chi connectivity index (χ4v) is 5.17. The Balaban J connectivity index is 1.34. The summed E-state index contributed by atoms with van der Waals surface area (Å²) in [5.74, 6) is 1.69. The Morgan fingerprint density at radius 2 is 1.55 bits per heavy atom. The van der Waals surface area contributed by atoms with Gasteiger partial charge in [-0.15, -0.1) is 0 Å². The highest BCUT2D eigenvalue weighted by Crippen LogP contribution is 2.28. The predicted molar refractivity (Wildman–Crippen MR) is 153 cm³/mol. The highest BCUT2D eigenvalue weighted by molar-refractivity contribution is 9.10. The Kier molecular flexibility index (Phi) is 6.88. The highest BCUT2D eigenvalue weighted by Gasteiger charge is 2.24. The Morgan fingerprint density at radius 3 is 2.32 bits per heavy atom. The molecule has 1 aliphatic heterocycles. The molecule has 0 atom stereocenters. The van der Waals surface area contributed by atoms with Crippen molar-refractivity contribution in [3.8, 4) is 5.69 Å². The van der Waals surface area contributed by atoms with Crippen molar-refractivity contribution in [3.05, 3.63) is 113 Å². The van der Waals surface area contributed by atoms with Crippen molar-refractivity contribution >= 4 is 38.7 Å². The highest BCUT2D eigenvalue weighted by atomic mass is 79.9. The van der Waals surface area contributed by atoms with Gasteiger partial charge in [0.2, 0.25) is 0 Å². The van der Waals surface area contributed by atoms with E-state index >= 15 is 0 Å². The van der Waals surface area contributed by atoms with Crippen LogP contribution in [0.1, 0.15) is 28.2 Å². The summed E-state index contributed by atoms with van der Waals surface area (Å²) in [6, 6.07) is 27.9. The Bertz CT molecular complexity index is 1550. The van der Waals surface area contributed by atoms with Crippen molar-refractivity contribution in [1.82, 2.24) is 24.6 Å². The van der Waals surface area contributed by atoms with Gasteiger partial charge in [-0.1, -0.05) is 64.5 Å². The smallest absolute Gasteiger partial charge is 0.253 e. The van der Waals surface area contributed by atoms with Gasteiger partial charge in [-0.05, 0) is 48.4 Å². The molecule has 3 aromatic carbocycles. The SMILES string of the molecule is O=C(c1ccc(Br)cc1)N1CCCN(c2nc(Cc3ccccc3)nc3c2cnn3-c2ccccc2)CC1. The molecule has 5 aromatic rings. The summed E-state index contributed by atoms with van der Waals surface area (Å²) >= 11 is 3.45. The van der Waals surface area contributed by atoms with Crippen molar-refractivity contribution in [2.45, 2.75) is 12.8 Å². The first-order valence-electron chi connectivity index (χ1n) is 12.8. The lowest BCUT2D eigenvalue weighted by atomic mass is 10.1. The number of carbonyl (C=O) groups is 1. The minimum absolute atomic E-state index is 0.0637. The fourth-order valence-electron chi connectivity index (χ4n) is 4.90. The lowest BCUT2D eigenvalue weighted by Crippen LogP contribution is -2.35. The van der Waals surface area contributed by atoms with Crippen LogP contribution in [0, 0.1) is 0 Å². The van der Waals surface area contributed by atoms with E-state index in [9.17, 15) is 4.79 Å². The van der Waals surface area contributed by atoms with Gasteiger partial charge in [-0.2, -0.15) is 5.10 Å². The van der Waals surface area contributed by atoms with Gasteiger partial charge in [0.25, 0.3) is 5.91 Å². The first-order valence-corrected chi connectivity index (χ1v) is 13.6. The van der Waals surface area contributed by atoms with Gasteiger partial charge in [-0.25, -0.2) is 14.6 Å². The second kappa shape index (κ2) is 10.8. The molecule has 1 aliphatic rings. The van der Waals surface area contributed by atoms with Gasteiger partial charge in [0.05, 0.1) is 17.3 Å². The molecule has 8 heteroatoms.